The van der Waals surface area contributed by atoms with Gasteiger partial charge in [0.15, 0.2) is 6.29 Å². The minimum absolute atomic E-state index is 0.0195. The molecule has 0 aromatic heterocycles. The molecule has 0 saturated carbocycles. The predicted octanol–water partition coefficient (Wildman–Crippen LogP) is 0.582. The maximum atomic E-state index is 5.63. The Morgan fingerprint density at radius 3 is 3.00 bits per heavy atom. The first kappa shape index (κ1) is 8.81. The van der Waals surface area contributed by atoms with E-state index in [0.717, 1.165) is 0 Å². The van der Waals surface area contributed by atoms with E-state index in [0.29, 0.717) is 18.4 Å². The summed E-state index contributed by atoms with van der Waals surface area (Å²) in [6, 6.07) is 0. The van der Waals surface area contributed by atoms with Crippen LogP contribution in [0.3, 0.4) is 0 Å². The summed E-state index contributed by atoms with van der Waals surface area (Å²) in [6.45, 7) is 1.26. The van der Waals surface area contributed by atoms with Crippen molar-refractivity contribution < 1.29 is 9.47 Å². The van der Waals surface area contributed by atoms with Gasteiger partial charge in [0.05, 0.1) is 18.0 Å². The number of ether oxygens (including phenoxy) is 2. The van der Waals surface area contributed by atoms with Gasteiger partial charge in [-0.1, -0.05) is 0 Å². The molecule has 0 radical (unpaired) electrons. The first-order valence-corrected chi connectivity index (χ1v) is 5.54. The molecule has 3 nitrogen and oxygen atoms in total. The van der Waals surface area contributed by atoms with Gasteiger partial charge in [0.2, 0.25) is 0 Å². The van der Waals surface area contributed by atoms with E-state index < -0.39 is 0 Å². The first-order valence-electron chi connectivity index (χ1n) is 4.49. The van der Waals surface area contributed by atoms with Gasteiger partial charge in [-0.15, -0.1) is 0 Å². The Labute approximate surface area is 77.0 Å². The fourth-order valence-corrected chi connectivity index (χ4v) is 2.88. The summed E-state index contributed by atoms with van der Waals surface area (Å²) in [5.41, 5.74) is 5.48. The van der Waals surface area contributed by atoms with E-state index in [1.807, 2.05) is 11.8 Å². The SMILES string of the molecule is NCC1COC(C2CCCS2)O1. The largest absolute Gasteiger partial charge is 0.349 e. The van der Waals surface area contributed by atoms with Gasteiger partial charge < -0.3 is 15.2 Å². The van der Waals surface area contributed by atoms with Gasteiger partial charge in [-0.25, -0.2) is 0 Å². The molecule has 70 valence electrons. The highest BCUT2D eigenvalue weighted by Crippen LogP contribution is 2.33. The van der Waals surface area contributed by atoms with Crippen LogP contribution < -0.4 is 5.73 Å². The number of hydrogen-bond acceptors (Lipinski definition) is 4. The van der Waals surface area contributed by atoms with Crippen LogP contribution in [0.1, 0.15) is 12.8 Å². The second-order valence-corrected chi connectivity index (χ2v) is 4.59. The second kappa shape index (κ2) is 3.96. The number of hydrogen-bond donors (Lipinski definition) is 1. The third-order valence-electron chi connectivity index (χ3n) is 2.30. The van der Waals surface area contributed by atoms with Crippen molar-refractivity contribution in [3.8, 4) is 0 Å². The van der Waals surface area contributed by atoms with E-state index in [2.05, 4.69) is 0 Å². The standard InChI is InChI=1S/C8H15NO2S/c9-4-6-5-10-8(11-6)7-2-1-3-12-7/h6-8H,1-5,9H2. The molecule has 3 unspecified atom stereocenters. The van der Waals surface area contributed by atoms with Gasteiger partial charge >= 0.3 is 0 Å². The Morgan fingerprint density at radius 2 is 2.42 bits per heavy atom. The van der Waals surface area contributed by atoms with Crippen LogP contribution in [0.15, 0.2) is 0 Å². The summed E-state index contributed by atoms with van der Waals surface area (Å²) in [6.07, 6.45) is 2.68. The molecule has 0 spiro atoms. The minimum atomic E-state index is 0.0195. The first-order chi connectivity index (χ1) is 5.90. The van der Waals surface area contributed by atoms with Crippen molar-refractivity contribution in [3.63, 3.8) is 0 Å². The summed E-state index contributed by atoms with van der Waals surface area (Å²) in [4.78, 5) is 0. The third kappa shape index (κ3) is 1.76. The number of rotatable bonds is 2. The molecule has 0 aliphatic carbocycles. The average Bonchev–Trinajstić information content (AvgIpc) is 2.75. The molecule has 0 bridgehead atoms. The molecule has 4 heteroatoms. The molecule has 2 rings (SSSR count). The molecule has 0 aromatic rings. The maximum absolute atomic E-state index is 5.63. The fraction of sp³-hybridized carbons (Fsp3) is 1.00. The summed E-state index contributed by atoms with van der Waals surface area (Å²) in [5.74, 6) is 1.25. The van der Waals surface area contributed by atoms with Gasteiger partial charge in [-0.2, -0.15) is 11.8 Å². The molecule has 2 aliphatic rings. The lowest BCUT2D eigenvalue weighted by molar-refractivity contribution is -0.0557. The Morgan fingerprint density at radius 1 is 1.50 bits per heavy atom. The molecule has 2 heterocycles. The Balaban J connectivity index is 1.81. The molecule has 2 fully saturated rings. The topological polar surface area (TPSA) is 44.5 Å². The van der Waals surface area contributed by atoms with Crippen LogP contribution in [0.25, 0.3) is 0 Å². The van der Waals surface area contributed by atoms with Crippen molar-refractivity contribution in [2.45, 2.75) is 30.5 Å². The lowest BCUT2D eigenvalue weighted by atomic mass is 10.2. The van der Waals surface area contributed by atoms with Gasteiger partial charge in [-0.05, 0) is 18.6 Å². The second-order valence-electron chi connectivity index (χ2n) is 3.25. The zero-order chi connectivity index (χ0) is 8.39. The highest BCUT2D eigenvalue weighted by atomic mass is 32.2. The van der Waals surface area contributed by atoms with Crippen LogP contribution >= 0.6 is 11.8 Å². The van der Waals surface area contributed by atoms with Crippen LogP contribution in [-0.2, 0) is 9.47 Å². The molecule has 2 aliphatic heterocycles. The van der Waals surface area contributed by atoms with Crippen LogP contribution in [0.4, 0.5) is 0 Å². The van der Waals surface area contributed by atoms with Crippen molar-refractivity contribution in [3.05, 3.63) is 0 Å². The Bertz CT molecular complexity index is 150. The van der Waals surface area contributed by atoms with E-state index in [4.69, 9.17) is 15.2 Å². The van der Waals surface area contributed by atoms with Crippen molar-refractivity contribution in [2.24, 2.45) is 5.73 Å². The molecule has 2 saturated heterocycles. The van der Waals surface area contributed by atoms with Crippen LogP contribution in [0.5, 0.6) is 0 Å². The van der Waals surface area contributed by atoms with Crippen LogP contribution in [0.2, 0.25) is 0 Å². The summed E-state index contributed by atoms with van der Waals surface area (Å²) in [5, 5.41) is 0.557. The lowest BCUT2D eigenvalue weighted by Gasteiger charge is -2.16. The maximum Gasteiger partial charge on any atom is 0.169 e. The summed E-state index contributed by atoms with van der Waals surface area (Å²) in [7, 11) is 0. The van der Waals surface area contributed by atoms with Gasteiger partial charge in [-0.3, -0.25) is 0 Å². The molecule has 2 N–H and O–H groups in total. The Hall–Kier alpha value is 0.230. The molecule has 3 atom stereocenters. The van der Waals surface area contributed by atoms with E-state index in [1.165, 1.54) is 18.6 Å². The zero-order valence-corrected chi connectivity index (χ0v) is 7.89. The molecular weight excluding hydrogens is 174 g/mol. The van der Waals surface area contributed by atoms with E-state index >= 15 is 0 Å². The smallest absolute Gasteiger partial charge is 0.169 e. The molecular formula is C8H15NO2S. The van der Waals surface area contributed by atoms with E-state index in [-0.39, 0.29) is 12.4 Å². The van der Waals surface area contributed by atoms with Gasteiger partial charge in [0.1, 0.15) is 0 Å². The van der Waals surface area contributed by atoms with Gasteiger partial charge in [0.25, 0.3) is 0 Å². The van der Waals surface area contributed by atoms with Crippen molar-refractivity contribution >= 4 is 11.8 Å². The van der Waals surface area contributed by atoms with Crippen molar-refractivity contribution in [1.82, 2.24) is 0 Å². The van der Waals surface area contributed by atoms with E-state index in [1.54, 1.807) is 0 Å². The van der Waals surface area contributed by atoms with Crippen molar-refractivity contribution in [2.75, 3.05) is 18.9 Å². The van der Waals surface area contributed by atoms with Crippen molar-refractivity contribution in [1.29, 1.82) is 0 Å². The third-order valence-corrected chi connectivity index (χ3v) is 3.71. The highest BCUT2D eigenvalue weighted by molar-refractivity contribution is 8.00. The number of thioether (sulfide) groups is 1. The number of nitrogens with two attached hydrogens (primary N) is 1. The average molecular weight is 189 g/mol. The summed E-state index contributed by atoms with van der Waals surface area (Å²) >= 11 is 1.96. The zero-order valence-electron chi connectivity index (χ0n) is 7.07. The quantitative estimate of drug-likeness (QED) is 0.690. The lowest BCUT2D eigenvalue weighted by Crippen LogP contribution is -2.26. The van der Waals surface area contributed by atoms with Gasteiger partial charge in [0, 0.05) is 6.54 Å². The molecule has 0 amide bonds. The van der Waals surface area contributed by atoms with E-state index in [9.17, 15) is 0 Å². The normalized spacial score (nSPS) is 42.2. The van der Waals surface area contributed by atoms with Crippen LogP contribution in [-0.4, -0.2) is 36.5 Å². The predicted molar refractivity (Wildman–Crippen MR) is 49.1 cm³/mol. The molecule has 12 heavy (non-hydrogen) atoms. The highest BCUT2D eigenvalue weighted by Gasteiger charge is 2.33. The minimum Gasteiger partial charge on any atom is -0.349 e. The monoisotopic (exact) mass is 189 g/mol. The molecule has 0 aromatic carbocycles. The Kier molecular flexibility index (Phi) is 2.91. The van der Waals surface area contributed by atoms with Crippen LogP contribution in [0, 0.1) is 0 Å². The summed E-state index contributed by atoms with van der Waals surface area (Å²) < 4.78 is 11.1. The fourth-order valence-electron chi connectivity index (χ4n) is 1.61.